The van der Waals surface area contributed by atoms with E-state index in [9.17, 15) is 5.11 Å². The van der Waals surface area contributed by atoms with Gasteiger partial charge in [0.15, 0.2) is 6.73 Å². The Kier molecular flexibility index (Phi) is 4.38. The molecule has 3 heterocycles. The molecule has 0 saturated heterocycles. The van der Waals surface area contributed by atoms with E-state index in [2.05, 4.69) is 9.55 Å². The van der Waals surface area contributed by atoms with Gasteiger partial charge < -0.3 is 5.11 Å². The van der Waals surface area contributed by atoms with Gasteiger partial charge in [0.1, 0.15) is 10.5 Å². The van der Waals surface area contributed by atoms with Gasteiger partial charge in [0.05, 0.1) is 28.3 Å². The first-order valence-electron chi connectivity index (χ1n) is 8.02. The van der Waals surface area contributed by atoms with E-state index in [1.165, 1.54) is 0 Å². The van der Waals surface area contributed by atoms with Crippen LogP contribution >= 0.6 is 34.8 Å². The smallest absolute Gasteiger partial charge is 0.318 e. The summed E-state index contributed by atoms with van der Waals surface area (Å²) in [5.74, 6) is 1.24. The number of nitrogens with zero attached hydrogens (tertiary/aromatic N) is 4. The lowest BCUT2D eigenvalue weighted by molar-refractivity contribution is 0.151. The van der Waals surface area contributed by atoms with Gasteiger partial charge in [-0.3, -0.25) is 4.57 Å². The van der Waals surface area contributed by atoms with Gasteiger partial charge in [0, 0.05) is 6.54 Å². The monoisotopic (exact) mass is 397 g/mol. The number of aryl methyl sites for hydroxylation is 1. The van der Waals surface area contributed by atoms with Crippen LogP contribution in [-0.4, -0.2) is 32.9 Å². The molecule has 5 nitrogen and oxygen atoms in total. The zero-order valence-corrected chi connectivity index (χ0v) is 15.6. The van der Waals surface area contributed by atoms with Crippen molar-refractivity contribution in [3.63, 3.8) is 0 Å². The summed E-state index contributed by atoms with van der Waals surface area (Å²) < 4.78 is 2.16. The van der Waals surface area contributed by atoms with Gasteiger partial charge in [0.2, 0.25) is 0 Å². The number of quaternary nitrogens is 1. The molecule has 0 spiro atoms. The zero-order chi connectivity index (χ0) is 17.6. The van der Waals surface area contributed by atoms with E-state index >= 15 is 0 Å². The number of halogens is 3. The normalized spacial score (nSPS) is 20.5. The van der Waals surface area contributed by atoms with E-state index in [0.717, 1.165) is 30.4 Å². The fraction of sp³-hybridized carbons (Fsp3) is 0.294. The third-order valence-electron chi connectivity index (χ3n) is 4.70. The number of aliphatic hydroxyl groups is 1. The summed E-state index contributed by atoms with van der Waals surface area (Å²) in [6.45, 7) is 1.25. The summed E-state index contributed by atoms with van der Waals surface area (Å²) >= 11 is 18.8. The standard InChI is InChI=1S/C17H16Cl3N4O/c18-11-8-13(20)16(21-9-11)24(10-25)7-2-1-6-23-14-5-3-4-12(19)15(14)22-17(23)24/h3-5,8-9,25H,1-2,6-7,10H2/q+1. The Balaban J connectivity index is 2.04. The van der Waals surface area contributed by atoms with Crippen molar-refractivity contribution in [2.24, 2.45) is 0 Å². The van der Waals surface area contributed by atoms with Crippen LogP contribution in [0.25, 0.3) is 11.0 Å². The molecule has 8 heteroatoms. The lowest BCUT2D eigenvalue weighted by Crippen LogP contribution is -2.47. The second kappa shape index (κ2) is 6.41. The molecule has 4 rings (SSSR count). The Morgan fingerprint density at radius 1 is 1.16 bits per heavy atom. The van der Waals surface area contributed by atoms with Gasteiger partial charge in [-0.15, -0.1) is 0 Å². The average Bonchev–Trinajstić information content (AvgIpc) is 2.87. The summed E-state index contributed by atoms with van der Waals surface area (Å²) in [4.78, 5) is 9.23. The molecule has 0 amide bonds. The molecule has 130 valence electrons. The van der Waals surface area contributed by atoms with Crippen molar-refractivity contribution < 1.29 is 5.11 Å². The summed E-state index contributed by atoms with van der Waals surface area (Å²) in [6.07, 6.45) is 3.42. The molecule has 1 aliphatic heterocycles. The zero-order valence-electron chi connectivity index (χ0n) is 13.3. The van der Waals surface area contributed by atoms with Crippen LogP contribution in [0.5, 0.6) is 0 Å². The van der Waals surface area contributed by atoms with E-state index in [1.807, 2.05) is 18.2 Å². The van der Waals surface area contributed by atoms with Crippen molar-refractivity contribution in [1.29, 1.82) is 0 Å². The molecule has 1 atom stereocenters. The Labute approximate surface area is 160 Å². The predicted octanol–water partition coefficient (Wildman–Crippen LogP) is 4.77. The van der Waals surface area contributed by atoms with Gasteiger partial charge in [-0.2, -0.15) is 9.47 Å². The maximum absolute atomic E-state index is 10.4. The first kappa shape index (κ1) is 17.1. The van der Waals surface area contributed by atoms with Crippen LogP contribution in [0.2, 0.25) is 15.1 Å². The van der Waals surface area contributed by atoms with Crippen molar-refractivity contribution in [2.75, 3.05) is 13.3 Å². The highest BCUT2D eigenvalue weighted by atomic mass is 35.5. The lowest BCUT2D eigenvalue weighted by Gasteiger charge is -2.32. The number of fused-ring (bicyclic) bond motifs is 3. The summed E-state index contributed by atoms with van der Waals surface area (Å²) in [6, 6.07) is 7.36. The molecule has 0 bridgehead atoms. The van der Waals surface area contributed by atoms with Crippen LogP contribution in [0, 0.1) is 0 Å². The first-order valence-corrected chi connectivity index (χ1v) is 9.15. The molecule has 25 heavy (non-hydrogen) atoms. The minimum absolute atomic E-state index is 0.0566. The number of rotatable bonds is 2. The molecular formula is C17H16Cl3N4O+. The van der Waals surface area contributed by atoms with Crippen LogP contribution in [0.15, 0.2) is 30.5 Å². The average molecular weight is 399 g/mol. The quantitative estimate of drug-likeness (QED) is 0.632. The van der Waals surface area contributed by atoms with Gasteiger partial charge in [-0.1, -0.05) is 40.9 Å². The fourth-order valence-electron chi connectivity index (χ4n) is 3.52. The Hall–Kier alpha value is -1.37. The number of benzene rings is 1. The van der Waals surface area contributed by atoms with Crippen LogP contribution in [-0.2, 0) is 6.54 Å². The third kappa shape index (κ3) is 2.62. The molecular weight excluding hydrogens is 383 g/mol. The highest BCUT2D eigenvalue weighted by molar-refractivity contribution is 6.36. The summed E-state index contributed by atoms with van der Waals surface area (Å²) in [5.41, 5.74) is 1.67. The molecule has 0 radical (unpaired) electrons. The molecule has 3 aromatic rings. The van der Waals surface area contributed by atoms with Crippen molar-refractivity contribution in [3.05, 3.63) is 45.5 Å². The minimum atomic E-state index is -0.199. The predicted molar refractivity (Wildman–Crippen MR) is 102 cm³/mol. The van der Waals surface area contributed by atoms with Gasteiger partial charge >= 0.3 is 5.95 Å². The number of imidazole rings is 1. The molecule has 1 aromatic carbocycles. The second-order valence-corrected chi connectivity index (χ2v) is 7.42. The van der Waals surface area contributed by atoms with E-state index < -0.39 is 0 Å². The molecule has 1 N–H and O–H groups in total. The highest BCUT2D eigenvalue weighted by Gasteiger charge is 2.42. The molecule has 1 aliphatic rings. The van der Waals surface area contributed by atoms with Crippen LogP contribution < -0.4 is 4.48 Å². The summed E-state index contributed by atoms with van der Waals surface area (Å²) in [7, 11) is 0. The number of aliphatic hydroxyl groups excluding tert-OH is 1. The number of para-hydroxylation sites is 1. The maximum Gasteiger partial charge on any atom is 0.318 e. The SMILES string of the molecule is OC[N+]1(c2ncc(Cl)cc2Cl)CCCCn2c1nc1c(Cl)cccc12. The highest BCUT2D eigenvalue weighted by Crippen LogP contribution is 2.42. The molecule has 0 fully saturated rings. The van der Waals surface area contributed by atoms with Crippen molar-refractivity contribution in [3.8, 4) is 0 Å². The Morgan fingerprint density at radius 3 is 2.76 bits per heavy atom. The van der Waals surface area contributed by atoms with Crippen molar-refractivity contribution >= 4 is 57.6 Å². The van der Waals surface area contributed by atoms with E-state index in [0.29, 0.717) is 33.4 Å². The molecule has 0 saturated carbocycles. The van der Waals surface area contributed by atoms with Crippen LogP contribution in [0.1, 0.15) is 12.8 Å². The Bertz CT molecular complexity index is 958. The molecule has 1 unspecified atom stereocenters. The Morgan fingerprint density at radius 2 is 2.00 bits per heavy atom. The van der Waals surface area contributed by atoms with Crippen LogP contribution in [0.3, 0.4) is 0 Å². The van der Waals surface area contributed by atoms with Crippen LogP contribution in [0.4, 0.5) is 11.8 Å². The summed E-state index contributed by atoms with van der Waals surface area (Å²) in [5, 5.41) is 11.9. The third-order valence-corrected chi connectivity index (χ3v) is 5.49. The van der Waals surface area contributed by atoms with E-state index in [-0.39, 0.29) is 11.2 Å². The van der Waals surface area contributed by atoms with Gasteiger partial charge in [-0.05, 0) is 31.0 Å². The van der Waals surface area contributed by atoms with E-state index in [4.69, 9.17) is 39.8 Å². The fourth-order valence-corrected chi connectivity index (χ4v) is 4.28. The number of hydrogen-bond donors (Lipinski definition) is 1. The lowest BCUT2D eigenvalue weighted by atomic mass is 10.2. The minimum Gasteiger partial charge on any atom is -0.346 e. The first-order chi connectivity index (χ1) is 12.1. The number of pyridine rings is 1. The van der Waals surface area contributed by atoms with Crippen molar-refractivity contribution in [2.45, 2.75) is 19.4 Å². The number of aromatic nitrogens is 3. The van der Waals surface area contributed by atoms with Gasteiger partial charge in [0.25, 0.3) is 5.82 Å². The second-order valence-electron chi connectivity index (χ2n) is 6.17. The van der Waals surface area contributed by atoms with Crippen molar-refractivity contribution in [1.82, 2.24) is 19.0 Å². The van der Waals surface area contributed by atoms with Gasteiger partial charge in [-0.25, -0.2) is 4.98 Å². The molecule has 0 aliphatic carbocycles. The largest absolute Gasteiger partial charge is 0.346 e. The topological polar surface area (TPSA) is 50.9 Å². The van der Waals surface area contributed by atoms with E-state index in [1.54, 1.807) is 12.3 Å². The number of hydrogen-bond acceptors (Lipinski definition) is 3. The molecule has 2 aromatic heterocycles. The maximum atomic E-state index is 10.4.